The first-order valence-electron chi connectivity index (χ1n) is 5.78. The SMILES string of the molecule is COc1ccc(C(C)NCc2ccsc2)c(F)c1. The monoisotopic (exact) mass is 265 g/mol. The summed E-state index contributed by atoms with van der Waals surface area (Å²) >= 11 is 1.66. The van der Waals surface area contributed by atoms with Gasteiger partial charge in [0, 0.05) is 24.2 Å². The standard InChI is InChI=1S/C14H16FNOS/c1-10(16-8-11-5-6-18-9-11)13-4-3-12(17-2)7-14(13)15/h3-7,9-10,16H,8H2,1-2H3. The van der Waals surface area contributed by atoms with Crippen molar-refractivity contribution in [2.45, 2.75) is 19.5 Å². The van der Waals surface area contributed by atoms with Crippen LogP contribution in [0, 0.1) is 5.82 Å². The van der Waals surface area contributed by atoms with E-state index in [1.807, 2.05) is 12.3 Å². The van der Waals surface area contributed by atoms with E-state index in [9.17, 15) is 4.39 Å². The minimum absolute atomic E-state index is 0.0317. The van der Waals surface area contributed by atoms with Gasteiger partial charge in [-0.1, -0.05) is 6.07 Å². The van der Waals surface area contributed by atoms with Gasteiger partial charge < -0.3 is 10.1 Å². The van der Waals surface area contributed by atoms with Crippen LogP contribution < -0.4 is 10.1 Å². The summed E-state index contributed by atoms with van der Waals surface area (Å²) in [6.07, 6.45) is 0. The van der Waals surface area contributed by atoms with Gasteiger partial charge in [0.05, 0.1) is 7.11 Å². The molecule has 1 N–H and O–H groups in total. The van der Waals surface area contributed by atoms with Gasteiger partial charge in [-0.2, -0.15) is 11.3 Å². The van der Waals surface area contributed by atoms with Crippen molar-refractivity contribution in [2.75, 3.05) is 7.11 Å². The minimum Gasteiger partial charge on any atom is -0.497 e. The zero-order valence-corrected chi connectivity index (χ0v) is 11.3. The number of methoxy groups -OCH3 is 1. The van der Waals surface area contributed by atoms with Crippen LogP contribution in [0.5, 0.6) is 5.75 Å². The predicted octanol–water partition coefficient (Wildman–Crippen LogP) is 3.75. The van der Waals surface area contributed by atoms with Gasteiger partial charge >= 0.3 is 0 Å². The fourth-order valence-corrected chi connectivity index (χ4v) is 2.43. The largest absolute Gasteiger partial charge is 0.497 e. The Balaban J connectivity index is 2.02. The van der Waals surface area contributed by atoms with Gasteiger partial charge in [0.2, 0.25) is 0 Å². The van der Waals surface area contributed by atoms with Crippen molar-refractivity contribution in [3.8, 4) is 5.75 Å². The molecule has 0 fully saturated rings. The van der Waals surface area contributed by atoms with Crippen LogP contribution in [-0.4, -0.2) is 7.11 Å². The lowest BCUT2D eigenvalue weighted by molar-refractivity contribution is 0.409. The molecule has 0 aliphatic carbocycles. The fraction of sp³-hybridized carbons (Fsp3) is 0.286. The molecule has 0 amide bonds. The predicted molar refractivity (Wildman–Crippen MR) is 72.5 cm³/mol. The summed E-state index contributed by atoms with van der Waals surface area (Å²) in [4.78, 5) is 0. The Morgan fingerprint density at radius 3 is 2.83 bits per heavy atom. The van der Waals surface area contributed by atoms with E-state index in [1.165, 1.54) is 18.7 Å². The quantitative estimate of drug-likeness (QED) is 0.889. The third-order valence-corrected chi connectivity index (χ3v) is 3.60. The molecule has 1 unspecified atom stereocenters. The Morgan fingerprint density at radius 1 is 1.39 bits per heavy atom. The van der Waals surface area contributed by atoms with E-state index < -0.39 is 0 Å². The first kappa shape index (κ1) is 13.1. The first-order chi connectivity index (χ1) is 8.70. The molecule has 0 saturated carbocycles. The average molecular weight is 265 g/mol. The number of nitrogens with one attached hydrogen (secondary N) is 1. The maximum Gasteiger partial charge on any atom is 0.131 e. The highest BCUT2D eigenvalue weighted by Crippen LogP contribution is 2.22. The van der Waals surface area contributed by atoms with Crippen molar-refractivity contribution < 1.29 is 9.13 Å². The average Bonchev–Trinajstić information content (AvgIpc) is 2.88. The normalized spacial score (nSPS) is 12.4. The summed E-state index contributed by atoms with van der Waals surface area (Å²) < 4.78 is 18.8. The molecule has 2 aromatic rings. The third-order valence-electron chi connectivity index (χ3n) is 2.87. The Morgan fingerprint density at radius 2 is 2.22 bits per heavy atom. The van der Waals surface area contributed by atoms with Crippen LogP contribution >= 0.6 is 11.3 Å². The second kappa shape index (κ2) is 5.98. The molecule has 0 aliphatic heterocycles. The van der Waals surface area contributed by atoms with Crippen molar-refractivity contribution in [1.29, 1.82) is 0 Å². The van der Waals surface area contributed by atoms with Crippen molar-refractivity contribution in [1.82, 2.24) is 5.32 Å². The molecule has 1 heterocycles. The number of rotatable bonds is 5. The molecule has 1 atom stereocenters. The molecule has 96 valence electrons. The van der Waals surface area contributed by atoms with E-state index in [1.54, 1.807) is 23.5 Å². The summed E-state index contributed by atoms with van der Waals surface area (Å²) in [6.45, 7) is 2.70. The Hall–Kier alpha value is -1.39. The van der Waals surface area contributed by atoms with Crippen LogP contribution in [0.3, 0.4) is 0 Å². The molecule has 0 aliphatic rings. The Labute approximate surface area is 110 Å². The van der Waals surface area contributed by atoms with Gasteiger partial charge in [-0.3, -0.25) is 0 Å². The van der Waals surface area contributed by atoms with Crippen LogP contribution in [0.1, 0.15) is 24.1 Å². The maximum atomic E-state index is 13.8. The molecule has 2 nitrogen and oxygen atoms in total. The van der Waals surface area contributed by atoms with E-state index in [0.717, 1.165) is 6.54 Å². The molecule has 2 rings (SSSR count). The highest BCUT2D eigenvalue weighted by Gasteiger charge is 2.11. The van der Waals surface area contributed by atoms with Crippen LogP contribution in [0.25, 0.3) is 0 Å². The molecule has 4 heteroatoms. The first-order valence-corrected chi connectivity index (χ1v) is 6.73. The molecule has 1 aromatic carbocycles. The number of hydrogen-bond donors (Lipinski definition) is 1. The Kier molecular flexibility index (Phi) is 4.33. The topological polar surface area (TPSA) is 21.3 Å². The van der Waals surface area contributed by atoms with Gasteiger partial charge in [-0.25, -0.2) is 4.39 Å². The van der Waals surface area contributed by atoms with Crippen LogP contribution in [0.15, 0.2) is 35.0 Å². The van der Waals surface area contributed by atoms with Crippen molar-refractivity contribution in [3.63, 3.8) is 0 Å². The number of ether oxygens (including phenoxy) is 1. The highest BCUT2D eigenvalue weighted by atomic mass is 32.1. The Bertz CT molecular complexity index is 499. The van der Waals surface area contributed by atoms with E-state index in [0.29, 0.717) is 11.3 Å². The van der Waals surface area contributed by atoms with Crippen molar-refractivity contribution in [2.24, 2.45) is 0 Å². The number of halogens is 1. The number of benzene rings is 1. The van der Waals surface area contributed by atoms with Crippen molar-refractivity contribution in [3.05, 3.63) is 52.0 Å². The molecule has 0 saturated heterocycles. The second-order valence-corrected chi connectivity index (χ2v) is 4.90. The molecule has 0 radical (unpaired) electrons. The van der Waals surface area contributed by atoms with Gasteiger partial charge in [0.25, 0.3) is 0 Å². The van der Waals surface area contributed by atoms with Crippen LogP contribution in [0.4, 0.5) is 4.39 Å². The van der Waals surface area contributed by atoms with E-state index in [-0.39, 0.29) is 11.9 Å². The molecule has 18 heavy (non-hydrogen) atoms. The second-order valence-electron chi connectivity index (χ2n) is 4.12. The third kappa shape index (κ3) is 3.09. The minimum atomic E-state index is -0.236. The van der Waals surface area contributed by atoms with Crippen molar-refractivity contribution >= 4 is 11.3 Å². The molecular weight excluding hydrogens is 249 g/mol. The lowest BCUT2D eigenvalue weighted by atomic mass is 10.1. The summed E-state index contributed by atoms with van der Waals surface area (Å²) in [6, 6.07) is 6.99. The van der Waals surface area contributed by atoms with Gasteiger partial charge in [0.1, 0.15) is 11.6 Å². The van der Waals surface area contributed by atoms with Gasteiger partial charge in [0.15, 0.2) is 0 Å². The summed E-state index contributed by atoms with van der Waals surface area (Å²) in [5, 5.41) is 7.43. The molecule has 1 aromatic heterocycles. The lowest BCUT2D eigenvalue weighted by Gasteiger charge is -2.15. The fourth-order valence-electron chi connectivity index (χ4n) is 1.76. The number of thiophene rings is 1. The molecular formula is C14H16FNOS. The lowest BCUT2D eigenvalue weighted by Crippen LogP contribution is -2.18. The number of hydrogen-bond acceptors (Lipinski definition) is 3. The maximum absolute atomic E-state index is 13.8. The van der Waals surface area contributed by atoms with E-state index >= 15 is 0 Å². The summed E-state index contributed by atoms with van der Waals surface area (Å²) in [7, 11) is 1.53. The molecule has 0 spiro atoms. The zero-order valence-electron chi connectivity index (χ0n) is 10.4. The zero-order chi connectivity index (χ0) is 13.0. The molecule has 0 bridgehead atoms. The smallest absolute Gasteiger partial charge is 0.131 e. The van der Waals surface area contributed by atoms with Gasteiger partial charge in [-0.05, 0) is 35.4 Å². The van der Waals surface area contributed by atoms with E-state index in [2.05, 4.69) is 16.8 Å². The van der Waals surface area contributed by atoms with E-state index in [4.69, 9.17) is 4.74 Å². The van der Waals surface area contributed by atoms with Crippen LogP contribution in [0.2, 0.25) is 0 Å². The van der Waals surface area contributed by atoms with Crippen LogP contribution in [-0.2, 0) is 6.54 Å². The van der Waals surface area contributed by atoms with Gasteiger partial charge in [-0.15, -0.1) is 0 Å². The highest BCUT2D eigenvalue weighted by molar-refractivity contribution is 7.07. The summed E-state index contributed by atoms with van der Waals surface area (Å²) in [5.74, 6) is 0.306. The summed E-state index contributed by atoms with van der Waals surface area (Å²) in [5.41, 5.74) is 1.88.